The number of ether oxygens (including phenoxy) is 1. The maximum absolute atomic E-state index is 5.95. The van der Waals surface area contributed by atoms with E-state index in [4.69, 9.17) is 10.5 Å². The lowest BCUT2D eigenvalue weighted by molar-refractivity contribution is 0.289. The van der Waals surface area contributed by atoms with E-state index in [1.807, 2.05) is 12.1 Å². The Kier molecular flexibility index (Phi) is 4.30. The van der Waals surface area contributed by atoms with Crippen molar-refractivity contribution < 1.29 is 4.74 Å². The third-order valence-electron chi connectivity index (χ3n) is 3.32. The van der Waals surface area contributed by atoms with Crippen molar-refractivity contribution in [3.63, 3.8) is 0 Å². The smallest absolute Gasteiger partial charge is 0.192 e. The van der Waals surface area contributed by atoms with E-state index < -0.39 is 0 Å². The van der Waals surface area contributed by atoms with Crippen LogP contribution in [0.5, 0.6) is 5.75 Å². The van der Waals surface area contributed by atoms with Crippen molar-refractivity contribution in [1.82, 2.24) is 4.90 Å². The minimum Gasteiger partial charge on any atom is -0.494 e. The van der Waals surface area contributed by atoms with Crippen LogP contribution in [0.3, 0.4) is 0 Å². The second kappa shape index (κ2) is 5.95. The van der Waals surface area contributed by atoms with E-state index in [1.54, 1.807) is 0 Å². The summed E-state index contributed by atoms with van der Waals surface area (Å²) >= 11 is 0. The first-order valence-electron chi connectivity index (χ1n) is 6.94. The molecule has 0 radical (unpaired) electrons. The molecule has 1 heterocycles. The highest BCUT2D eigenvalue weighted by Gasteiger charge is 2.29. The first-order chi connectivity index (χ1) is 9.13. The summed E-state index contributed by atoms with van der Waals surface area (Å²) in [6.07, 6.45) is 1.02. The molecule has 1 aliphatic heterocycles. The third-order valence-corrected chi connectivity index (χ3v) is 3.32. The molecule has 1 aromatic carbocycles. The average Bonchev–Trinajstić information content (AvgIpc) is 2.79. The molecule has 1 aromatic rings. The fraction of sp³-hybridized carbons (Fsp3) is 0.533. The Morgan fingerprint density at radius 2 is 2.05 bits per heavy atom. The van der Waals surface area contributed by atoms with Gasteiger partial charge in [-0.05, 0) is 38.0 Å². The van der Waals surface area contributed by atoms with Gasteiger partial charge in [0.1, 0.15) is 5.75 Å². The summed E-state index contributed by atoms with van der Waals surface area (Å²) in [5, 5.41) is 0. The first-order valence-corrected chi connectivity index (χ1v) is 6.94. The van der Waals surface area contributed by atoms with Gasteiger partial charge in [-0.3, -0.25) is 4.99 Å². The Morgan fingerprint density at radius 3 is 2.63 bits per heavy atom. The molecular formula is C15H23N3O. The van der Waals surface area contributed by atoms with Crippen LogP contribution in [0.25, 0.3) is 0 Å². The highest BCUT2D eigenvalue weighted by Crippen LogP contribution is 2.28. The molecule has 0 spiro atoms. The zero-order valence-electron chi connectivity index (χ0n) is 12.0. The summed E-state index contributed by atoms with van der Waals surface area (Å²) in [6.45, 7) is 7.88. The molecule has 0 aliphatic carbocycles. The van der Waals surface area contributed by atoms with Crippen molar-refractivity contribution in [2.24, 2.45) is 10.7 Å². The summed E-state index contributed by atoms with van der Waals surface area (Å²) in [5.41, 5.74) is 7.19. The molecule has 1 unspecified atom stereocenters. The lowest BCUT2D eigenvalue weighted by Gasteiger charge is -2.30. The van der Waals surface area contributed by atoms with Crippen molar-refractivity contribution in [2.45, 2.75) is 39.3 Å². The summed E-state index contributed by atoms with van der Waals surface area (Å²) in [5.74, 6) is 1.57. The van der Waals surface area contributed by atoms with E-state index in [0.717, 1.165) is 25.3 Å². The molecule has 1 atom stereocenters. The number of nitrogens with two attached hydrogens (primary N) is 1. The predicted octanol–water partition coefficient (Wildman–Crippen LogP) is 2.56. The Bertz CT molecular complexity index is 439. The SMILES string of the molecule is CCCOc1ccc(C2CN=C(N)N2C(C)C)cc1. The second-order valence-corrected chi connectivity index (χ2v) is 5.13. The normalized spacial score (nSPS) is 18.8. The quantitative estimate of drug-likeness (QED) is 0.886. The fourth-order valence-corrected chi connectivity index (χ4v) is 2.41. The van der Waals surface area contributed by atoms with Crippen molar-refractivity contribution in [3.8, 4) is 5.75 Å². The summed E-state index contributed by atoms with van der Waals surface area (Å²) in [7, 11) is 0. The van der Waals surface area contributed by atoms with Crippen LogP contribution in [0.4, 0.5) is 0 Å². The van der Waals surface area contributed by atoms with Gasteiger partial charge in [-0.15, -0.1) is 0 Å². The molecule has 4 heteroatoms. The molecule has 0 bridgehead atoms. The molecule has 4 nitrogen and oxygen atoms in total. The molecule has 2 rings (SSSR count). The van der Waals surface area contributed by atoms with Gasteiger partial charge < -0.3 is 15.4 Å². The van der Waals surface area contributed by atoms with Crippen LogP contribution in [0, 0.1) is 0 Å². The van der Waals surface area contributed by atoms with Crippen molar-refractivity contribution in [3.05, 3.63) is 29.8 Å². The topological polar surface area (TPSA) is 50.9 Å². The molecule has 1 aliphatic rings. The zero-order valence-corrected chi connectivity index (χ0v) is 12.0. The maximum atomic E-state index is 5.95. The number of hydrogen-bond donors (Lipinski definition) is 1. The van der Waals surface area contributed by atoms with E-state index >= 15 is 0 Å². The molecule has 0 aromatic heterocycles. The Labute approximate surface area is 115 Å². The van der Waals surface area contributed by atoms with Crippen LogP contribution < -0.4 is 10.5 Å². The van der Waals surface area contributed by atoms with Crippen LogP contribution in [0.15, 0.2) is 29.3 Å². The second-order valence-electron chi connectivity index (χ2n) is 5.13. The Hall–Kier alpha value is -1.71. The van der Waals surface area contributed by atoms with Crippen molar-refractivity contribution >= 4 is 5.96 Å². The fourth-order valence-electron chi connectivity index (χ4n) is 2.41. The summed E-state index contributed by atoms with van der Waals surface area (Å²) in [4.78, 5) is 6.53. The van der Waals surface area contributed by atoms with E-state index in [0.29, 0.717) is 12.0 Å². The van der Waals surface area contributed by atoms with Crippen molar-refractivity contribution in [1.29, 1.82) is 0 Å². The minimum absolute atomic E-state index is 0.250. The van der Waals surface area contributed by atoms with E-state index in [9.17, 15) is 0 Å². The molecular weight excluding hydrogens is 238 g/mol. The van der Waals surface area contributed by atoms with Crippen LogP contribution in [-0.2, 0) is 0 Å². The van der Waals surface area contributed by atoms with Gasteiger partial charge in [-0.1, -0.05) is 19.1 Å². The monoisotopic (exact) mass is 261 g/mol. The Balaban J connectivity index is 2.10. The molecule has 2 N–H and O–H groups in total. The van der Waals surface area contributed by atoms with Crippen LogP contribution in [0.1, 0.15) is 38.8 Å². The van der Waals surface area contributed by atoms with Gasteiger partial charge >= 0.3 is 0 Å². The number of guanidine groups is 1. The maximum Gasteiger partial charge on any atom is 0.192 e. The van der Waals surface area contributed by atoms with Crippen LogP contribution >= 0.6 is 0 Å². The number of rotatable bonds is 5. The van der Waals surface area contributed by atoms with Gasteiger partial charge in [-0.25, -0.2) is 0 Å². The van der Waals surface area contributed by atoms with Gasteiger partial charge in [0.25, 0.3) is 0 Å². The van der Waals surface area contributed by atoms with Gasteiger partial charge in [0.2, 0.25) is 0 Å². The minimum atomic E-state index is 0.250. The zero-order chi connectivity index (χ0) is 13.8. The molecule has 0 saturated heterocycles. The van der Waals surface area contributed by atoms with Gasteiger partial charge in [0.05, 0.1) is 19.2 Å². The molecule has 0 saturated carbocycles. The average molecular weight is 261 g/mol. The number of benzene rings is 1. The van der Waals surface area contributed by atoms with E-state index in [2.05, 4.69) is 42.8 Å². The Morgan fingerprint density at radius 1 is 1.37 bits per heavy atom. The highest BCUT2D eigenvalue weighted by molar-refractivity contribution is 5.80. The van der Waals surface area contributed by atoms with Crippen molar-refractivity contribution in [2.75, 3.05) is 13.2 Å². The van der Waals surface area contributed by atoms with Crippen LogP contribution in [-0.4, -0.2) is 30.1 Å². The van der Waals surface area contributed by atoms with Gasteiger partial charge in [0.15, 0.2) is 5.96 Å². The third kappa shape index (κ3) is 3.00. The molecule has 0 amide bonds. The lowest BCUT2D eigenvalue weighted by atomic mass is 10.1. The summed E-state index contributed by atoms with van der Waals surface area (Å²) < 4.78 is 5.60. The van der Waals surface area contributed by atoms with Gasteiger partial charge in [0, 0.05) is 6.04 Å². The largest absolute Gasteiger partial charge is 0.494 e. The number of nitrogens with zero attached hydrogens (tertiary/aromatic N) is 2. The molecule has 104 valence electrons. The molecule has 19 heavy (non-hydrogen) atoms. The summed E-state index contributed by atoms with van der Waals surface area (Å²) in [6, 6.07) is 8.88. The van der Waals surface area contributed by atoms with Gasteiger partial charge in [-0.2, -0.15) is 0 Å². The molecule has 0 fully saturated rings. The first kappa shape index (κ1) is 13.7. The number of aliphatic imine (C=N–C) groups is 1. The highest BCUT2D eigenvalue weighted by atomic mass is 16.5. The van der Waals surface area contributed by atoms with E-state index in [1.165, 1.54) is 5.56 Å². The lowest BCUT2D eigenvalue weighted by Crippen LogP contribution is -2.40. The predicted molar refractivity (Wildman–Crippen MR) is 78.4 cm³/mol. The van der Waals surface area contributed by atoms with Crippen LogP contribution in [0.2, 0.25) is 0 Å². The number of hydrogen-bond acceptors (Lipinski definition) is 4. The van der Waals surface area contributed by atoms with E-state index in [-0.39, 0.29) is 6.04 Å². The standard InChI is InChI=1S/C15H23N3O/c1-4-9-19-13-7-5-12(6-8-13)14-10-17-15(16)18(14)11(2)3/h5-8,11,14H,4,9-10H2,1-3H3,(H2,16,17).